The van der Waals surface area contributed by atoms with Gasteiger partial charge in [0, 0.05) is 12.1 Å². The van der Waals surface area contributed by atoms with E-state index in [-0.39, 0.29) is 29.6 Å². The molecule has 1 atom stereocenters. The van der Waals surface area contributed by atoms with Crippen molar-refractivity contribution in [2.24, 2.45) is 11.7 Å². The summed E-state index contributed by atoms with van der Waals surface area (Å²) in [7, 11) is 1.58. The Morgan fingerprint density at radius 2 is 1.77 bits per heavy atom. The molecule has 8 nitrogen and oxygen atoms in total. The molecule has 1 heterocycles. The third kappa shape index (κ3) is 6.15. The van der Waals surface area contributed by atoms with Crippen molar-refractivity contribution in [2.75, 3.05) is 20.2 Å². The van der Waals surface area contributed by atoms with Gasteiger partial charge in [0.05, 0.1) is 25.4 Å². The van der Waals surface area contributed by atoms with Gasteiger partial charge in [-0.15, -0.1) is 5.10 Å². The van der Waals surface area contributed by atoms with Gasteiger partial charge in [-0.25, -0.2) is 9.18 Å². The van der Waals surface area contributed by atoms with E-state index in [1.54, 1.807) is 59.9 Å². The number of aromatic nitrogens is 3. The predicted molar refractivity (Wildman–Crippen MR) is 153 cm³/mol. The van der Waals surface area contributed by atoms with E-state index in [4.69, 9.17) is 15.6 Å². The number of nitrogens with zero attached hydrogens (tertiary/aromatic N) is 4. The van der Waals surface area contributed by atoms with Crippen LogP contribution in [0.15, 0.2) is 77.6 Å². The minimum absolute atomic E-state index is 0.127. The van der Waals surface area contributed by atoms with Gasteiger partial charge in [0.25, 0.3) is 5.91 Å². The Kier molecular flexibility index (Phi) is 9.16. The fourth-order valence-electron chi connectivity index (χ4n) is 4.75. The molecule has 0 saturated carbocycles. The molecule has 0 saturated heterocycles. The molecule has 40 heavy (non-hydrogen) atoms. The van der Waals surface area contributed by atoms with Crippen molar-refractivity contribution in [1.29, 1.82) is 0 Å². The van der Waals surface area contributed by atoms with Crippen LogP contribution in [0.1, 0.15) is 53.6 Å². The third-order valence-electron chi connectivity index (χ3n) is 6.91. The maximum atomic E-state index is 14.5. The standard InChI is InChI=1S/C31H36FN5O3/c1-21(2)28(35(18-8-17-33)30(38)24-12-11-22(3)27(32)19-24)29-34-37(25-13-15-26(40-4)16-14-25)31(39)36(29)20-23-9-6-5-7-10-23/h5-7,9-16,19,21,28H,8,17-18,20,33H2,1-4H3. The van der Waals surface area contributed by atoms with E-state index in [0.29, 0.717) is 42.3 Å². The number of carbonyl (C=O) groups excluding carboxylic acids is 1. The maximum Gasteiger partial charge on any atom is 0.351 e. The molecule has 0 radical (unpaired) electrons. The number of hydrogen-bond donors (Lipinski definition) is 1. The van der Waals surface area contributed by atoms with Gasteiger partial charge in [-0.1, -0.05) is 50.2 Å². The molecule has 0 aliphatic heterocycles. The molecular weight excluding hydrogens is 509 g/mol. The van der Waals surface area contributed by atoms with Gasteiger partial charge in [-0.05, 0) is 73.3 Å². The number of methoxy groups -OCH3 is 1. The molecular formula is C31H36FN5O3. The molecule has 0 fully saturated rings. The van der Waals surface area contributed by atoms with Crippen LogP contribution in [0.2, 0.25) is 0 Å². The number of ether oxygens (including phenoxy) is 1. The lowest BCUT2D eigenvalue weighted by molar-refractivity contribution is 0.0603. The van der Waals surface area contributed by atoms with Crippen LogP contribution in [0.25, 0.3) is 5.69 Å². The lowest BCUT2D eigenvalue weighted by Gasteiger charge is -2.34. The molecule has 0 bridgehead atoms. The van der Waals surface area contributed by atoms with E-state index in [9.17, 15) is 14.0 Å². The van der Waals surface area contributed by atoms with Gasteiger partial charge < -0.3 is 15.4 Å². The Hall–Kier alpha value is -4.24. The molecule has 3 aromatic carbocycles. The quantitative estimate of drug-likeness (QED) is 0.294. The van der Waals surface area contributed by atoms with Crippen molar-refractivity contribution < 1.29 is 13.9 Å². The second-order valence-corrected chi connectivity index (χ2v) is 10.1. The van der Waals surface area contributed by atoms with Crippen LogP contribution in [0.5, 0.6) is 5.75 Å². The summed E-state index contributed by atoms with van der Waals surface area (Å²) < 4.78 is 22.7. The fourth-order valence-corrected chi connectivity index (χ4v) is 4.75. The van der Waals surface area contributed by atoms with Crippen LogP contribution in [-0.4, -0.2) is 45.4 Å². The van der Waals surface area contributed by atoms with E-state index < -0.39 is 11.9 Å². The number of benzene rings is 3. The molecule has 0 aliphatic carbocycles. The Morgan fingerprint density at radius 1 is 1.07 bits per heavy atom. The van der Waals surface area contributed by atoms with Crippen molar-refractivity contribution >= 4 is 5.91 Å². The summed E-state index contributed by atoms with van der Waals surface area (Å²) in [5.74, 6) is 0.180. The Bertz CT molecular complexity index is 1500. The summed E-state index contributed by atoms with van der Waals surface area (Å²) in [6.45, 7) is 6.57. The molecule has 210 valence electrons. The maximum absolute atomic E-state index is 14.5. The molecule has 2 N–H and O–H groups in total. The van der Waals surface area contributed by atoms with E-state index in [1.807, 2.05) is 44.2 Å². The first-order valence-corrected chi connectivity index (χ1v) is 13.4. The van der Waals surface area contributed by atoms with Crippen LogP contribution < -0.4 is 16.2 Å². The van der Waals surface area contributed by atoms with Crippen molar-refractivity contribution in [3.63, 3.8) is 0 Å². The first-order valence-electron chi connectivity index (χ1n) is 13.4. The highest BCUT2D eigenvalue weighted by Crippen LogP contribution is 2.30. The van der Waals surface area contributed by atoms with Crippen molar-refractivity contribution in [3.8, 4) is 11.4 Å². The summed E-state index contributed by atoms with van der Waals surface area (Å²) in [5, 5.41) is 4.82. The van der Waals surface area contributed by atoms with Gasteiger partial charge in [-0.2, -0.15) is 4.68 Å². The minimum atomic E-state index is -0.584. The van der Waals surface area contributed by atoms with Crippen molar-refractivity contribution in [2.45, 2.75) is 39.8 Å². The first-order chi connectivity index (χ1) is 19.2. The normalized spacial score (nSPS) is 12.0. The van der Waals surface area contributed by atoms with Crippen LogP contribution in [-0.2, 0) is 6.54 Å². The fraction of sp³-hybridized carbons (Fsp3) is 0.323. The SMILES string of the molecule is COc1ccc(-n2nc(C(C(C)C)N(CCCN)C(=O)c3ccc(C)c(F)c3)n(Cc3ccccc3)c2=O)cc1. The zero-order chi connectivity index (χ0) is 28.8. The number of nitrogens with two attached hydrogens (primary N) is 1. The molecule has 1 aromatic heterocycles. The largest absolute Gasteiger partial charge is 0.497 e. The molecule has 1 amide bonds. The minimum Gasteiger partial charge on any atom is -0.497 e. The zero-order valence-corrected chi connectivity index (χ0v) is 23.4. The number of halogens is 1. The van der Waals surface area contributed by atoms with Crippen molar-refractivity contribution in [1.82, 2.24) is 19.2 Å². The van der Waals surface area contributed by atoms with Gasteiger partial charge in [0.2, 0.25) is 0 Å². The smallest absolute Gasteiger partial charge is 0.351 e. The van der Waals surface area contributed by atoms with E-state index in [0.717, 1.165) is 5.56 Å². The summed E-state index contributed by atoms with van der Waals surface area (Å²) in [5.41, 5.74) is 7.70. The zero-order valence-electron chi connectivity index (χ0n) is 23.4. The average Bonchev–Trinajstić information content (AvgIpc) is 3.27. The summed E-state index contributed by atoms with van der Waals surface area (Å²) in [6, 6.07) is 20.6. The lowest BCUT2D eigenvalue weighted by atomic mass is 9.99. The van der Waals surface area contributed by atoms with E-state index in [1.165, 1.54) is 10.7 Å². The predicted octanol–water partition coefficient (Wildman–Crippen LogP) is 4.73. The van der Waals surface area contributed by atoms with Gasteiger partial charge in [0.15, 0.2) is 5.82 Å². The molecule has 4 aromatic rings. The summed E-state index contributed by atoms with van der Waals surface area (Å²) in [4.78, 5) is 29.5. The number of rotatable bonds is 11. The van der Waals surface area contributed by atoms with E-state index >= 15 is 0 Å². The van der Waals surface area contributed by atoms with Gasteiger partial charge in [-0.3, -0.25) is 9.36 Å². The highest BCUT2D eigenvalue weighted by molar-refractivity contribution is 5.94. The van der Waals surface area contributed by atoms with Crippen LogP contribution >= 0.6 is 0 Å². The van der Waals surface area contributed by atoms with Gasteiger partial charge >= 0.3 is 5.69 Å². The molecule has 0 spiro atoms. The van der Waals surface area contributed by atoms with Crippen LogP contribution in [0, 0.1) is 18.7 Å². The molecule has 1 unspecified atom stereocenters. The lowest BCUT2D eigenvalue weighted by Crippen LogP contribution is -2.41. The summed E-state index contributed by atoms with van der Waals surface area (Å²) >= 11 is 0. The van der Waals surface area contributed by atoms with Crippen LogP contribution in [0.3, 0.4) is 0 Å². The van der Waals surface area contributed by atoms with E-state index in [2.05, 4.69) is 0 Å². The van der Waals surface area contributed by atoms with Crippen molar-refractivity contribution in [3.05, 3.63) is 112 Å². The van der Waals surface area contributed by atoms with Gasteiger partial charge in [0.1, 0.15) is 11.6 Å². The monoisotopic (exact) mass is 545 g/mol. The Balaban J connectivity index is 1.88. The topological polar surface area (TPSA) is 95.4 Å². The molecule has 0 aliphatic rings. The highest BCUT2D eigenvalue weighted by Gasteiger charge is 2.34. The second kappa shape index (κ2) is 12.7. The third-order valence-corrected chi connectivity index (χ3v) is 6.91. The molecule has 4 rings (SSSR count). The Labute approximate surface area is 233 Å². The first kappa shape index (κ1) is 28.8. The average molecular weight is 546 g/mol. The van der Waals surface area contributed by atoms with Crippen LogP contribution in [0.4, 0.5) is 4.39 Å². The summed E-state index contributed by atoms with van der Waals surface area (Å²) in [6.07, 6.45) is 0.533. The number of hydrogen-bond acceptors (Lipinski definition) is 5. The number of amides is 1. The number of carbonyl (C=O) groups is 1. The molecule has 9 heteroatoms. The number of aryl methyl sites for hydroxylation is 1. The highest BCUT2D eigenvalue weighted by atomic mass is 19.1. The Morgan fingerprint density at radius 3 is 2.38 bits per heavy atom. The second-order valence-electron chi connectivity index (χ2n) is 10.1.